The Morgan fingerprint density at radius 2 is 1.83 bits per heavy atom. The van der Waals surface area contributed by atoms with E-state index in [9.17, 15) is 18.4 Å². The van der Waals surface area contributed by atoms with Crippen molar-refractivity contribution >= 4 is 12.1 Å². The smallest absolute Gasteiger partial charge is 0.492 e. The van der Waals surface area contributed by atoms with Gasteiger partial charge in [0.25, 0.3) is 0 Å². The monoisotopic (exact) mass is 476 g/mol. The Morgan fingerprint density at radius 3 is 2.60 bits per heavy atom. The maximum atomic E-state index is 13.4. The minimum atomic E-state index is -3.69. The molecule has 1 saturated carbocycles. The number of benzene rings is 3. The lowest BCUT2D eigenvalue weighted by molar-refractivity contribution is -0.286. The number of hydrogen-bond donors (Lipinski definition) is 0. The Hall–Kier alpha value is -3.74. The number of ether oxygens (including phenoxy) is 3. The second-order valence-electron chi connectivity index (χ2n) is 9.43. The minimum absolute atomic E-state index is 0.0281. The van der Waals surface area contributed by atoms with Gasteiger partial charge in [0, 0.05) is 12.8 Å². The summed E-state index contributed by atoms with van der Waals surface area (Å²) < 4.78 is 41.5. The van der Waals surface area contributed by atoms with Gasteiger partial charge in [-0.25, -0.2) is 0 Å². The fraction of sp³-hybridized carbons (Fsp3) is 0.286. The molecule has 0 unspecified atom stereocenters. The average Bonchev–Trinajstić information content (AvgIpc) is 3.39. The summed E-state index contributed by atoms with van der Waals surface area (Å²) in [7, 11) is 0. The van der Waals surface area contributed by atoms with Crippen molar-refractivity contribution in [1.82, 2.24) is 0 Å². The topological polar surface area (TPSA) is 61.8 Å². The lowest BCUT2D eigenvalue weighted by Crippen LogP contribution is -2.26. The van der Waals surface area contributed by atoms with E-state index in [4.69, 9.17) is 4.74 Å². The zero-order valence-corrected chi connectivity index (χ0v) is 19.0. The fourth-order valence-electron chi connectivity index (χ4n) is 5.13. The number of aryl methyl sites for hydroxylation is 1. The number of halogens is 2. The molecule has 1 fully saturated rings. The highest BCUT2D eigenvalue weighted by Crippen LogP contribution is 2.52. The van der Waals surface area contributed by atoms with Crippen molar-refractivity contribution in [1.29, 1.82) is 0 Å². The minimum Gasteiger partial charge on any atom is -0.492 e. The number of alkyl halides is 2. The van der Waals surface area contributed by atoms with Crippen molar-refractivity contribution in [3.63, 3.8) is 0 Å². The van der Waals surface area contributed by atoms with Crippen LogP contribution in [0.3, 0.4) is 0 Å². The molecule has 3 aliphatic rings. The molecule has 0 spiro atoms. The second-order valence-corrected chi connectivity index (χ2v) is 9.43. The molecule has 5 nitrogen and oxygen atoms in total. The van der Waals surface area contributed by atoms with E-state index in [0.717, 1.165) is 40.5 Å². The van der Waals surface area contributed by atoms with Crippen LogP contribution in [0, 0.1) is 6.92 Å². The summed E-state index contributed by atoms with van der Waals surface area (Å²) in [5.74, 6) is 0.620. The molecule has 0 aromatic heterocycles. The first-order valence-corrected chi connectivity index (χ1v) is 11.6. The molecular formula is C28H22F2O5. The first-order valence-electron chi connectivity index (χ1n) is 11.6. The van der Waals surface area contributed by atoms with E-state index < -0.39 is 11.7 Å². The summed E-state index contributed by atoms with van der Waals surface area (Å²) in [5, 5.41) is 0. The number of hydrogen-bond acceptors (Lipinski definition) is 5. The number of carbonyl (C=O) groups excluding carboxylic acids is 2. The molecule has 0 bridgehead atoms. The van der Waals surface area contributed by atoms with Crippen LogP contribution in [-0.4, -0.2) is 25.0 Å². The average molecular weight is 476 g/mol. The van der Waals surface area contributed by atoms with E-state index in [1.807, 2.05) is 37.3 Å². The highest BCUT2D eigenvalue weighted by molar-refractivity contribution is 5.95. The molecule has 0 radical (unpaired) electrons. The van der Waals surface area contributed by atoms with E-state index in [1.54, 1.807) is 6.07 Å². The predicted molar refractivity (Wildman–Crippen MR) is 123 cm³/mol. The molecule has 7 heteroatoms. The molecule has 0 N–H and O–H groups in total. The summed E-state index contributed by atoms with van der Waals surface area (Å²) >= 11 is 0. The summed E-state index contributed by atoms with van der Waals surface area (Å²) in [6.07, 6.45) is -0.582. The third-order valence-electron chi connectivity index (χ3n) is 7.15. The van der Waals surface area contributed by atoms with Gasteiger partial charge in [-0.3, -0.25) is 9.59 Å². The van der Waals surface area contributed by atoms with Crippen LogP contribution in [0.15, 0.2) is 48.5 Å². The normalized spacial score (nSPS) is 18.0. The van der Waals surface area contributed by atoms with E-state index in [1.165, 1.54) is 12.1 Å². The van der Waals surface area contributed by atoms with Gasteiger partial charge in [0.2, 0.25) is 0 Å². The molecule has 35 heavy (non-hydrogen) atoms. The number of rotatable bonds is 6. The van der Waals surface area contributed by atoms with Crippen LogP contribution in [-0.2, 0) is 23.1 Å². The molecule has 6 rings (SSSR count). The molecule has 3 aromatic carbocycles. The van der Waals surface area contributed by atoms with Crippen LogP contribution in [0.2, 0.25) is 0 Å². The molecular weight excluding hydrogens is 454 g/mol. The molecule has 0 amide bonds. The lowest BCUT2D eigenvalue weighted by Gasteiger charge is -2.16. The van der Waals surface area contributed by atoms with Gasteiger partial charge in [-0.2, -0.15) is 0 Å². The molecule has 1 aliphatic carbocycles. The second kappa shape index (κ2) is 7.63. The van der Waals surface area contributed by atoms with Gasteiger partial charge < -0.3 is 14.2 Å². The third-order valence-corrected chi connectivity index (χ3v) is 7.15. The molecule has 2 aliphatic heterocycles. The summed E-state index contributed by atoms with van der Waals surface area (Å²) in [4.78, 5) is 25.1. The van der Waals surface area contributed by atoms with Gasteiger partial charge in [-0.15, -0.1) is 8.78 Å². The quantitative estimate of drug-likeness (QED) is 0.435. The molecule has 3 aromatic rings. The van der Waals surface area contributed by atoms with Crippen LogP contribution in [0.5, 0.6) is 17.2 Å². The Balaban J connectivity index is 1.28. The maximum Gasteiger partial charge on any atom is 0.586 e. The van der Waals surface area contributed by atoms with Crippen molar-refractivity contribution < 1.29 is 32.6 Å². The Kier molecular flexibility index (Phi) is 4.75. The number of ketones is 1. The van der Waals surface area contributed by atoms with Gasteiger partial charge in [-0.05, 0) is 77.4 Å². The van der Waals surface area contributed by atoms with E-state index >= 15 is 0 Å². The van der Waals surface area contributed by atoms with Gasteiger partial charge in [0.15, 0.2) is 17.8 Å². The van der Waals surface area contributed by atoms with Gasteiger partial charge >= 0.3 is 6.29 Å². The number of Topliss-reactive ketones (excluding diaryl/α,β-unsaturated/α-hetero) is 1. The van der Waals surface area contributed by atoms with Gasteiger partial charge in [0.05, 0.1) is 17.6 Å². The first kappa shape index (κ1) is 21.8. The van der Waals surface area contributed by atoms with Crippen LogP contribution >= 0.6 is 0 Å². The van der Waals surface area contributed by atoms with Gasteiger partial charge in [-0.1, -0.05) is 24.3 Å². The number of fused-ring (bicyclic) bond motifs is 2. The number of aldehydes is 1. The van der Waals surface area contributed by atoms with E-state index in [2.05, 4.69) is 9.47 Å². The SMILES string of the molecule is Cc1ccc(CC(=O)C2(c3ccc4c(c3)OC(F)(F)O4)CC2)cc1-c1cc(C=O)c2c(c1)CCO2. The predicted octanol–water partition coefficient (Wildman–Crippen LogP) is 5.57. The summed E-state index contributed by atoms with van der Waals surface area (Å²) in [5.41, 5.74) is 5.29. The van der Waals surface area contributed by atoms with Crippen LogP contribution in [0.4, 0.5) is 8.78 Å². The standard InChI is InChI=1S/C28H22F2O5/c1-16-2-3-17(10-22(16)19-12-18-6-9-33-26(18)20(13-19)15-31)11-25(32)27(7-8-27)21-4-5-23-24(14-21)35-28(29,30)34-23/h2-5,10,12-15H,6-9,11H2,1H3. The number of carbonyl (C=O) groups is 2. The molecule has 0 atom stereocenters. The highest BCUT2D eigenvalue weighted by atomic mass is 19.3. The zero-order valence-electron chi connectivity index (χ0n) is 19.0. The summed E-state index contributed by atoms with van der Waals surface area (Å²) in [6.45, 7) is 2.56. The first-order chi connectivity index (χ1) is 16.8. The largest absolute Gasteiger partial charge is 0.586 e. The molecule has 178 valence electrons. The fourth-order valence-corrected chi connectivity index (χ4v) is 5.13. The Labute approximate surface area is 200 Å². The van der Waals surface area contributed by atoms with E-state index in [-0.39, 0.29) is 23.7 Å². The van der Waals surface area contributed by atoms with Crippen LogP contribution in [0.25, 0.3) is 11.1 Å². The van der Waals surface area contributed by atoms with Crippen molar-refractivity contribution in [2.75, 3.05) is 6.61 Å². The Morgan fingerprint density at radius 1 is 1.03 bits per heavy atom. The van der Waals surface area contributed by atoms with Crippen molar-refractivity contribution in [3.8, 4) is 28.4 Å². The van der Waals surface area contributed by atoms with Crippen LogP contribution < -0.4 is 14.2 Å². The van der Waals surface area contributed by atoms with Crippen molar-refractivity contribution in [3.05, 3.63) is 76.3 Å². The lowest BCUT2D eigenvalue weighted by atomic mass is 9.86. The highest BCUT2D eigenvalue weighted by Gasteiger charge is 2.52. The molecule has 0 saturated heterocycles. The molecule has 2 heterocycles. The van der Waals surface area contributed by atoms with Gasteiger partial charge in [0.1, 0.15) is 11.5 Å². The Bertz CT molecular complexity index is 1390. The van der Waals surface area contributed by atoms with E-state index in [0.29, 0.717) is 36.3 Å². The van der Waals surface area contributed by atoms with Crippen LogP contribution in [0.1, 0.15) is 45.5 Å². The van der Waals surface area contributed by atoms with Crippen molar-refractivity contribution in [2.24, 2.45) is 0 Å². The van der Waals surface area contributed by atoms with Crippen molar-refractivity contribution in [2.45, 2.75) is 44.3 Å². The maximum absolute atomic E-state index is 13.4. The summed E-state index contributed by atoms with van der Waals surface area (Å²) in [6, 6.07) is 14.4. The third kappa shape index (κ3) is 3.66. The zero-order chi connectivity index (χ0) is 24.4.